The van der Waals surface area contributed by atoms with Crippen LogP contribution in [0, 0.1) is 12.8 Å². The average molecular weight is 232 g/mol. The second kappa shape index (κ2) is 4.30. The maximum Gasteiger partial charge on any atom is 0.0717 e. The number of aryl methyl sites for hydroxylation is 1. The number of aromatic nitrogens is 1. The third kappa shape index (κ3) is 2.44. The molecular weight excluding hydrogens is 212 g/mol. The van der Waals surface area contributed by atoms with Crippen LogP contribution >= 0.6 is 0 Å². The number of aliphatic hydroxyl groups is 1. The molecule has 0 atom stereocenters. The Kier molecular flexibility index (Phi) is 2.79. The van der Waals surface area contributed by atoms with Crippen molar-refractivity contribution in [1.29, 1.82) is 0 Å². The van der Waals surface area contributed by atoms with Crippen molar-refractivity contribution in [2.45, 2.75) is 45.3 Å². The van der Waals surface area contributed by atoms with E-state index in [1.807, 2.05) is 13.1 Å². The molecule has 2 saturated carbocycles. The Morgan fingerprint density at radius 1 is 1.35 bits per heavy atom. The largest absolute Gasteiger partial charge is 0.392 e. The van der Waals surface area contributed by atoms with Gasteiger partial charge in [-0.15, -0.1) is 0 Å². The number of hydrogen-bond acceptors (Lipinski definition) is 3. The van der Waals surface area contributed by atoms with Crippen LogP contribution in [0.15, 0.2) is 12.3 Å². The lowest BCUT2D eigenvalue weighted by molar-refractivity contribution is 0.281. The van der Waals surface area contributed by atoms with Crippen molar-refractivity contribution in [2.75, 3.05) is 11.4 Å². The summed E-state index contributed by atoms with van der Waals surface area (Å²) < 4.78 is 0. The van der Waals surface area contributed by atoms with Gasteiger partial charge in [0.15, 0.2) is 0 Å². The Hall–Kier alpha value is -1.09. The smallest absolute Gasteiger partial charge is 0.0717 e. The first-order chi connectivity index (χ1) is 8.28. The quantitative estimate of drug-likeness (QED) is 0.846. The molecule has 1 aromatic rings. The molecule has 0 aromatic carbocycles. The maximum absolute atomic E-state index is 9.44. The van der Waals surface area contributed by atoms with Crippen molar-refractivity contribution in [3.8, 4) is 0 Å². The van der Waals surface area contributed by atoms with Crippen LogP contribution in [0.25, 0.3) is 0 Å². The SMILES string of the molecule is Cc1cc(N(CC2CC2)C2CC2)c(CO)cn1. The molecule has 0 amide bonds. The van der Waals surface area contributed by atoms with Crippen LogP contribution in [0.4, 0.5) is 5.69 Å². The first-order valence-electron chi connectivity index (χ1n) is 6.61. The van der Waals surface area contributed by atoms with Crippen LogP contribution in [-0.2, 0) is 6.61 Å². The molecule has 1 aromatic heterocycles. The van der Waals surface area contributed by atoms with Crippen LogP contribution in [0.2, 0.25) is 0 Å². The van der Waals surface area contributed by atoms with Gasteiger partial charge in [-0.25, -0.2) is 0 Å². The molecule has 0 spiro atoms. The molecular formula is C14H20N2O. The predicted molar refractivity (Wildman–Crippen MR) is 68.0 cm³/mol. The summed E-state index contributed by atoms with van der Waals surface area (Å²) >= 11 is 0. The molecule has 0 unspecified atom stereocenters. The van der Waals surface area contributed by atoms with Crippen molar-refractivity contribution in [3.05, 3.63) is 23.5 Å². The summed E-state index contributed by atoms with van der Waals surface area (Å²) in [6.45, 7) is 3.28. The van der Waals surface area contributed by atoms with E-state index in [0.717, 1.165) is 17.2 Å². The summed E-state index contributed by atoms with van der Waals surface area (Å²) in [6, 6.07) is 2.84. The highest BCUT2D eigenvalue weighted by Crippen LogP contribution is 2.38. The van der Waals surface area contributed by atoms with E-state index >= 15 is 0 Å². The summed E-state index contributed by atoms with van der Waals surface area (Å²) in [5.74, 6) is 0.885. The first-order valence-corrected chi connectivity index (χ1v) is 6.61. The molecule has 0 saturated heterocycles. The van der Waals surface area contributed by atoms with Gasteiger partial charge in [0.1, 0.15) is 0 Å². The summed E-state index contributed by atoms with van der Waals surface area (Å²) in [5, 5.41) is 9.44. The number of nitrogens with zero attached hydrogens (tertiary/aromatic N) is 2. The molecule has 3 nitrogen and oxygen atoms in total. The third-order valence-electron chi connectivity index (χ3n) is 3.72. The summed E-state index contributed by atoms with van der Waals surface area (Å²) in [6.07, 6.45) is 7.19. The van der Waals surface area contributed by atoms with E-state index < -0.39 is 0 Å². The minimum absolute atomic E-state index is 0.0938. The Morgan fingerprint density at radius 2 is 2.12 bits per heavy atom. The number of hydrogen-bond donors (Lipinski definition) is 1. The summed E-state index contributed by atoms with van der Waals surface area (Å²) in [7, 11) is 0. The lowest BCUT2D eigenvalue weighted by Crippen LogP contribution is -2.29. The molecule has 2 aliphatic rings. The molecule has 0 radical (unpaired) electrons. The highest BCUT2D eigenvalue weighted by Gasteiger charge is 2.34. The summed E-state index contributed by atoms with van der Waals surface area (Å²) in [5.41, 5.74) is 3.23. The van der Waals surface area contributed by atoms with Gasteiger partial charge < -0.3 is 10.0 Å². The van der Waals surface area contributed by atoms with Crippen molar-refractivity contribution in [2.24, 2.45) is 5.92 Å². The van der Waals surface area contributed by atoms with E-state index in [9.17, 15) is 5.11 Å². The van der Waals surface area contributed by atoms with Gasteiger partial charge in [0.25, 0.3) is 0 Å². The van der Waals surface area contributed by atoms with Gasteiger partial charge in [-0.2, -0.15) is 0 Å². The van der Waals surface area contributed by atoms with Crippen LogP contribution < -0.4 is 4.90 Å². The molecule has 17 heavy (non-hydrogen) atoms. The van der Waals surface area contributed by atoms with Gasteiger partial charge in [0.2, 0.25) is 0 Å². The zero-order valence-corrected chi connectivity index (χ0v) is 10.4. The average Bonchev–Trinajstić information content (AvgIpc) is 3.17. The molecule has 92 valence electrons. The second-order valence-electron chi connectivity index (χ2n) is 5.44. The maximum atomic E-state index is 9.44. The van der Waals surface area contributed by atoms with Gasteiger partial charge in [-0.3, -0.25) is 4.98 Å². The van der Waals surface area contributed by atoms with E-state index in [-0.39, 0.29) is 6.61 Å². The number of anilines is 1. The predicted octanol–water partition coefficient (Wildman–Crippen LogP) is 2.26. The molecule has 1 N–H and O–H groups in total. The van der Waals surface area contributed by atoms with Crippen LogP contribution in [0.3, 0.4) is 0 Å². The number of aliphatic hydroxyl groups excluding tert-OH is 1. The van der Waals surface area contributed by atoms with Gasteiger partial charge in [-0.05, 0) is 44.6 Å². The highest BCUT2D eigenvalue weighted by molar-refractivity contribution is 5.55. The molecule has 2 fully saturated rings. The highest BCUT2D eigenvalue weighted by atomic mass is 16.3. The molecule has 1 heterocycles. The fourth-order valence-electron chi connectivity index (χ4n) is 2.37. The number of rotatable bonds is 5. The van der Waals surface area contributed by atoms with Gasteiger partial charge in [0.05, 0.1) is 6.61 Å². The minimum atomic E-state index is 0.0938. The van der Waals surface area contributed by atoms with Gasteiger partial charge >= 0.3 is 0 Å². The van der Waals surface area contributed by atoms with Crippen LogP contribution in [-0.4, -0.2) is 22.7 Å². The van der Waals surface area contributed by atoms with Crippen LogP contribution in [0.5, 0.6) is 0 Å². The Balaban J connectivity index is 1.89. The van der Waals surface area contributed by atoms with Crippen molar-refractivity contribution in [1.82, 2.24) is 4.98 Å². The van der Waals surface area contributed by atoms with Crippen molar-refractivity contribution >= 4 is 5.69 Å². The minimum Gasteiger partial charge on any atom is -0.392 e. The fourth-order valence-corrected chi connectivity index (χ4v) is 2.37. The first kappa shape index (κ1) is 11.0. The van der Waals surface area contributed by atoms with Crippen molar-refractivity contribution < 1.29 is 5.11 Å². The molecule has 2 aliphatic carbocycles. The standard InChI is InChI=1S/C14H20N2O/c1-10-6-14(12(9-17)7-15-10)16(13-4-5-13)8-11-2-3-11/h6-7,11,13,17H,2-5,8-9H2,1H3. The molecule has 3 rings (SSSR count). The van der Waals surface area contributed by atoms with E-state index in [2.05, 4.69) is 16.0 Å². The van der Waals surface area contributed by atoms with E-state index in [1.165, 1.54) is 37.9 Å². The molecule has 0 bridgehead atoms. The van der Waals surface area contributed by atoms with Crippen LogP contribution in [0.1, 0.15) is 36.9 Å². The van der Waals surface area contributed by atoms with E-state index in [1.54, 1.807) is 0 Å². The third-order valence-corrected chi connectivity index (χ3v) is 3.72. The van der Waals surface area contributed by atoms with Gasteiger partial charge in [-0.1, -0.05) is 0 Å². The Bertz CT molecular complexity index is 411. The zero-order valence-electron chi connectivity index (χ0n) is 10.4. The topological polar surface area (TPSA) is 36.4 Å². The number of pyridine rings is 1. The molecule has 3 heteroatoms. The lowest BCUT2D eigenvalue weighted by Gasteiger charge is -2.27. The fraction of sp³-hybridized carbons (Fsp3) is 0.643. The second-order valence-corrected chi connectivity index (χ2v) is 5.44. The zero-order chi connectivity index (χ0) is 11.8. The van der Waals surface area contributed by atoms with Crippen molar-refractivity contribution in [3.63, 3.8) is 0 Å². The lowest BCUT2D eigenvalue weighted by atomic mass is 10.1. The Morgan fingerprint density at radius 3 is 2.71 bits per heavy atom. The monoisotopic (exact) mass is 232 g/mol. The molecule has 0 aliphatic heterocycles. The normalized spacial score (nSPS) is 19.4. The van der Waals surface area contributed by atoms with Gasteiger partial charge in [0, 0.05) is 35.7 Å². The Labute approximate surface area is 102 Å². The van der Waals surface area contributed by atoms with E-state index in [4.69, 9.17) is 0 Å². The summed E-state index contributed by atoms with van der Waals surface area (Å²) in [4.78, 5) is 6.79. The van der Waals surface area contributed by atoms with E-state index in [0.29, 0.717) is 6.04 Å².